The van der Waals surface area contributed by atoms with Crippen molar-refractivity contribution >= 4 is 5.91 Å². The van der Waals surface area contributed by atoms with E-state index in [0.717, 1.165) is 19.4 Å². The standard InChI is InChI=1S/C9H19NO2/c1-4-6-10(8(3)12)9(5-2)7-11/h9,11H,4-7H2,1-3H3. The minimum absolute atomic E-state index is 0.00227. The summed E-state index contributed by atoms with van der Waals surface area (Å²) >= 11 is 0. The van der Waals surface area contributed by atoms with Gasteiger partial charge in [0.1, 0.15) is 0 Å². The van der Waals surface area contributed by atoms with Crippen LogP contribution in [-0.2, 0) is 4.79 Å². The summed E-state index contributed by atoms with van der Waals surface area (Å²) in [6.07, 6.45) is 1.76. The highest BCUT2D eigenvalue weighted by Gasteiger charge is 2.16. The third kappa shape index (κ3) is 3.22. The fourth-order valence-corrected chi connectivity index (χ4v) is 1.29. The predicted octanol–water partition coefficient (Wildman–Crippen LogP) is 1.02. The Morgan fingerprint density at radius 1 is 1.50 bits per heavy atom. The summed E-state index contributed by atoms with van der Waals surface area (Å²) in [5.41, 5.74) is 0. The third-order valence-corrected chi connectivity index (χ3v) is 1.99. The van der Waals surface area contributed by atoms with Crippen molar-refractivity contribution in [1.29, 1.82) is 0 Å². The Morgan fingerprint density at radius 2 is 2.08 bits per heavy atom. The van der Waals surface area contributed by atoms with Crippen molar-refractivity contribution in [3.63, 3.8) is 0 Å². The second kappa shape index (κ2) is 6.00. The Morgan fingerprint density at radius 3 is 2.33 bits per heavy atom. The van der Waals surface area contributed by atoms with E-state index in [1.165, 1.54) is 0 Å². The van der Waals surface area contributed by atoms with Crippen LogP contribution in [0, 0.1) is 0 Å². The number of hydrogen-bond acceptors (Lipinski definition) is 2. The highest BCUT2D eigenvalue weighted by Crippen LogP contribution is 2.04. The van der Waals surface area contributed by atoms with Crippen LogP contribution in [0.2, 0.25) is 0 Å². The quantitative estimate of drug-likeness (QED) is 0.674. The van der Waals surface area contributed by atoms with Gasteiger partial charge in [-0.05, 0) is 12.8 Å². The van der Waals surface area contributed by atoms with Gasteiger partial charge in [-0.3, -0.25) is 4.79 Å². The van der Waals surface area contributed by atoms with Gasteiger partial charge < -0.3 is 10.0 Å². The maximum atomic E-state index is 11.1. The first-order valence-corrected chi connectivity index (χ1v) is 4.55. The van der Waals surface area contributed by atoms with Crippen LogP contribution < -0.4 is 0 Å². The van der Waals surface area contributed by atoms with Crippen LogP contribution in [0.1, 0.15) is 33.6 Å². The van der Waals surface area contributed by atoms with Gasteiger partial charge in [0.05, 0.1) is 12.6 Å². The lowest BCUT2D eigenvalue weighted by Gasteiger charge is -2.28. The zero-order chi connectivity index (χ0) is 9.56. The molecular weight excluding hydrogens is 154 g/mol. The topological polar surface area (TPSA) is 40.5 Å². The first-order valence-electron chi connectivity index (χ1n) is 4.55. The largest absolute Gasteiger partial charge is 0.394 e. The molecule has 12 heavy (non-hydrogen) atoms. The number of nitrogens with zero attached hydrogens (tertiary/aromatic N) is 1. The molecule has 3 nitrogen and oxygen atoms in total. The highest BCUT2D eigenvalue weighted by molar-refractivity contribution is 5.73. The summed E-state index contributed by atoms with van der Waals surface area (Å²) in [5.74, 6) is 0.0535. The van der Waals surface area contributed by atoms with E-state index in [-0.39, 0.29) is 18.6 Å². The predicted molar refractivity (Wildman–Crippen MR) is 48.8 cm³/mol. The molecule has 0 fully saturated rings. The molecule has 0 aromatic heterocycles. The molecule has 0 aliphatic carbocycles. The first-order chi connectivity index (χ1) is 5.67. The van der Waals surface area contributed by atoms with E-state index < -0.39 is 0 Å². The molecule has 1 N–H and O–H groups in total. The number of rotatable bonds is 5. The second-order valence-electron chi connectivity index (χ2n) is 2.96. The SMILES string of the molecule is CCCN(C(C)=O)C(CC)CO. The molecule has 0 aromatic carbocycles. The van der Waals surface area contributed by atoms with Gasteiger partial charge in [-0.1, -0.05) is 13.8 Å². The summed E-state index contributed by atoms with van der Waals surface area (Å²) in [7, 11) is 0. The van der Waals surface area contributed by atoms with E-state index in [2.05, 4.69) is 0 Å². The van der Waals surface area contributed by atoms with E-state index in [4.69, 9.17) is 5.11 Å². The van der Waals surface area contributed by atoms with Gasteiger partial charge in [-0.2, -0.15) is 0 Å². The van der Waals surface area contributed by atoms with Gasteiger partial charge in [-0.25, -0.2) is 0 Å². The fourth-order valence-electron chi connectivity index (χ4n) is 1.29. The van der Waals surface area contributed by atoms with Crippen LogP contribution in [0.3, 0.4) is 0 Å². The molecule has 0 saturated heterocycles. The summed E-state index contributed by atoms with van der Waals surface area (Å²) in [5, 5.41) is 8.98. The van der Waals surface area contributed by atoms with Crippen molar-refractivity contribution < 1.29 is 9.90 Å². The van der Waals surface area contributed by atoms with Crippen molar-refractivity contribution in [3.05, 3.63) is 0 Å². The summed E-state index contributed by atoms with van der Waals surface area (Å²) in [4.78, 5) is 12.8. The number of amides is 1. The molecule has 0 saturated carbocycles. The summed E-state index contributed by atoms with van der Waals surface area (Å²) in [6.45, 7) is 6.37. The van der Waals surface area contributed by atoms with E-state index >= 15 is 0 Å². The smallest absolute Gasteiger partial charge is 0.219 e. The Balaban J connectivity index is 4.15. The molecule has 1 amide bonds. The van der Waals surface area contributed by atoms with Gasteiger partial charge in [0.2, 0.25) is 5.91 Å². The Bertz CT molecular complexity index is 132. The third-order valence-electron chi connectivity index (χ3n) is 1.99. The Hall–Kier alpha value is -0.570. The number of aliphatic hydroxyl groups excluding tert-OH is 1. The van der Waals surface area contributed by atoms with Crippen LogP contribution in [-0.4, -0.2) is 35.1 Å². The average molecular weight is 173 g/mol. The number of carbonyl (C=O) groups excluding carboxylic acids is 1. The monoisotopic (exact) mass is 173 g/mol. The van der Waals surface area contributed by atoms with E-state index in [9.17, 15) is 4.79 Å². The lowest BCUT2D eigenvalue weighted by Crippen LogP contribution is -2.41. The number of aliphatic hydroxyl groups is 1. The molecule has 1 unspecified atom stereocenters. The zero-order valence-electron chi connectivity index (χ0n) is 8.21. The summed E-state index contributed by atoms with van der Waals surface area (Å²) < 4.78 is 0. The van der Waals surface area contributed by atoms with Crippen LogP contribution in [0.15, 0.2) is 0 Å². The van der Waals surface area contributed by atoms with Crippen molar-refractivity contribution in [2.45, 2.75) is 39.7 Å². The molecule has 0 aliphatic heterocycles. The average Bonchev–Trinajstić information content (AvgIpc) is 2.05. The zero-order valence-corrected chi connectivity index (χ0v) is 8.21. The molecule has 0 heterocycles. The molecule has 0 aromatic rings. The van der Waals surface area contributed by atoms with Gasteiger partial charge >= 0.3 is 0 Å². The molecule has 1 atom stereocenters. The van der Waals surface area contributed by atoms with Crippen LogP contribution in [0.4, 0.5) is 0 Å². The Kier molecular flexibility index (Phi) is 5.72. The summed E-state index contributed by atoms with van der Waals surface area (Å²) in [6, 6.07) is 0.00227. The van der Waals surface area contributed by atoms with Crippen LogP contribution in [0.25, 0.3) is 0 Å². The molecule has 0 aliphatic rings. The molecule has 0 rings (SSSR count). The maximum absolute atomic E-state index is 11.1. The molecule has 0 spiro atoms. The first kappa shape index (κ1) is 11.4. The normalized spacial score (nSPS) is 12.7. The minimum Gasteiger partial charge on any atom is -0.394 e. The number of carbonyl (C=O) groups is 1. The van der Waals surface area contributed by atoms with Crippen molar-refractivity contribution in [3.8, 4) is 0 Å². The number of hydrogen-bond donors (Lipinski definition) is 1. The van der Waals surface area contributed by atoms with Gasteiger partial charge in [0.25, 0.3) is 0 Å². The molecule has 0 radical (unpaired) electrons. The van der Waals surface area contributed by atoms with E-state index in [0.29, 0.717) is 0 Å². The molecule has 3 heteroatoms. The second-order valence-corrected chi connectivity index (χ2v) is 2.96. The van der Waals surface area contributed by atoms with Gasteiger partial charge in [-0.15, -0.1) is 0 Å². The van der Waals surface area contributed by atoms with Crippen molar-refractivity contribution in [2.24, 2.45) is 0 Å². The van der Waals surface area contributed by atoms with Gasteiger partial charge in [0, 0.05) is 13.5 Å². The molecule has 72 valence electrons. The Labute approximate surface area is 74.4 Å². The van der Waals surface area contributed by atoms with Crippen LogP contribution >= 0.6 is 0 Å². The lowest BCUT2D eigenvalue weighted by atomic mass is 10.2. The fraction of sp³-hybridized carbons (Fsp3) is 0.889. The van der Waals surface area contributed by atoms with Crippen molar-refractivity contribution in [2.75, 3.05) is 13.2 Å². The maximum Gasteiger partial charge on any atom is 0.219 e. The van der Waals surface area contributed by atoms with Crippen LogP contribution in [0.5, 0.6) is 0 Å². The molecular formula is C9H19NO2. The van der Waals surface area contributed by atoms with E-state index in [1.54, 1.807) is 11.8 Å². The van der Waals surface area contributed by atoms with E-state index in [1.807, 2.05) is 13.8 Å². The highest BCUT2D eigenvalue weighted by atomic mass is 16.3. The molecule has 0 bridgehead atoms. The minimum atomic E-state index is 0.00227. The lowest BCUT2D eigenvalue weighted by molar-refractivity contribution is -0.132. The van der Waals surface area contributed by atoms with Gasteiger partial charge in [0.15, 0.2) is 0 Å². The van der Waals surface area contributed by atoms with Crippen molar-refractivity contribution in [1.82, 2.24) is 4.90 Å².